The Labute approximate surface area is 178 Å². The molecule has 2 N–H and O–H groups in total. The van der Waals surface area contributed by atoms with Crippen molar-refractivity contribution in [1.29, 1.82) is 0 Å². The van der Waals surface area contributed by atoms with Gasteiger partial charge >= 0.3 is 6.09 Å². The minimum absolute atomic E-state index is 0.0672. The van der Waals surface area contributed by atoms with Gasteiger partial charge in [0.05, 0.1) is 31.1 Å². The molecule has 1 heterocycles. The smallest absolute Gasteiger partial charge is 0.411 e. The van der Waals surface area contributed by atoms with E-state index in [0.717, 1.165) is 48.4 Å². The fourth-order valence-corrected chi connectivity index (χ4v) is 4.15. The van der Waals surface area contributed by atoms with E-state index in [4.69, 9.17) is 4.74 Å². The zero-order valence-corrected chi connectivity index (χ0v) is 18.3. The first-order valence-electron chi connectivity index (χ1n) is 10.8. The second-order valence-corrected chi connectivity index (χ2v) is 7.58. The number of hydrogen-bond donors (Lipinski definition) is 2. The molecule has 0 saturated carbocycles. The molecule has 1 atom stereocenters. The third-order valence-electron chi connectivity index (χ3n) is 5.86. The number of para-hydroxylation sites is 1. The number of anilines is 3. The number of nitrogens with zero attached hydrogens (tertiary/aromatic N) is 1. The predicted octanol–water partition coefficient (Wildman–Crippen LogP) is 3.33. The Kier molecular flexibility index (Phi) is 7.11. The first-order valence-corrected chi connectivity index (χ1v) is 10.8. The molecular weight excluding hydrogens is 378 g/mol. The molecule has 0 aliphatic carbocycles. The van der Waals surface area contributed by atoms with E-state index >= 15 is 0 Å². The SMILES string of the molecule is CCOC(=O)Nc1ccc2c(c1)N(C(=O)[C@H](C)[NH+](CC)CC)c1ccccc1CC2. The Morgan fingerprint density at radius 3 is 2.37 bits per heavy atom. The summed E-state index contributed by atoms with van der Waals surface area (Å²) >= 11 is 0. The number of carbonyl (C=O) groups excluding carboxylic acids is 2. The molecule has 1 aliphatic rings. The number of rotatable bonds is 6. The molecule has 0 saturated heterocycles. The third-order valence-corrected chi connectivity index (χ3v) is 5.86. The molecule has 0 aromatic heterocycles. The van der Waals surface area contributed by atoms with Crippen molar-refractivity contribution in [3.63, 3.8) is 0 Å². The van der Waals surface area contributed by atoms with Gasteiger partial charge in [-0.1, -0.05) is 24.3 Å². The highest BCUT2D eigenvalue weighted by atomic mass is 16.5. The maximum absolute atomic E-state index is 13.8. The summed E-state index contributed by atoms with van der Waals surface area (Å²) in [5, 5.41) is 2.77. The minimum atomic E-state index is -0.495. The fraction of sp³-hybridized carbons (Fsp3) is 0.417. The molecule has 1 aliphatic heterocycles. The molecule has 2 aromatic carbocycles. The van der Waals surface area contributed by atoms with E-state index in [-0.39, 0.29) is 11.9 Å². The van der Waals surface area contributed by atoms with Gasteiger partial charge in [-0.15, -0.1) is 0 Å². The van der Waals surface area contributed by atoms with Gasteiger partial charge < -0.3 is 9.64 Å². The van der Waals surface area contributed by atoms with Crippen molar-refractivity contribution in [3.8, 4) is 0 Å². The first-order chi connectivity index (χ1) is 14.5. The van der Waals surface area contributed by atoms with Crippen LogP contribution in [0.3, 0.4) is 0 Å². The van der Waals surface area contributed by atoms with Gasteiger partial charge in [0.2, 0.25) is 0 Å². The average molecular weight is 411 g/mol. The normalized spacial score (nSPS) is 13.8. The Morgan fingerprint density at radius 1 is 1.03 bits per heavy atom. The second-order valence-electron chi connectivity index (χ2n) is 7.58. The monoisotopic (exact) mass is 410 g/mol. The van der Waals surface area contributed by atoms with Crippen LogP contribution in [0.25, 0.3) is 0 Å². The molecule has 160 valence electrons. The van der Waals surface area contributed by atoms with Crippen molar-refractivity contribution in [2.75, 3.05) is 29.9 Å². The largest absolute Gasteiger partial charge is 0.450 e. The number of quaternary nitrogens is 1. The fourth-order valence-electron chi connectivity index (χ4n) is 4.15. The summed E-state index contributed by atoms with van der Waals surface area (Å²) in [5.41, 5.74) is 4.62. The van der Waals surface area contributed by atoms with E-state index in [9.17, 15) is 9.59 Å². The van der Waals surface area contributed by atoms with Crippen molar-refractivity contribution in [2.24, 2.45) is 0 Å². The van der Waals surface area contributed by atoms with Gasteiger partial charge in [0.1, 0.15) is 0 Å². The summed E-state index contributed by atoms with van der Waals surface area (Å²) in [6.45, 7) is 10.1. The number of ether oxygens (including phenoxy) is 1. The number of fused-ring (bicyclic) bond motifs is 2. The second kappa shape index (κ2) is 9.76. The number of carbonyl (C=O) groups is 2. The summed E-state index contributed by atoms with van der Waals surface area (Å²) < 4.78 is 5.01. The average Bonchev–Trinajstić information content (AvgIpc) is 2.90. The van der Waals surface area contributed by atoms with E-state index in [1.165, 1.54) is 4.90 Å². The Balaban J connectivity index is 2.07. The Morgan fingerprint density at radius 2 is 1.70 bits per heavy atom. The lowest BCUT2D eigenvalue weighted by Crippen LogP contribution is -3.16. The number of likely N-dealkylation sites (N-methyl/N-ethyl adjacent to an activating group) is 1. The molecule has 3 rings (SSSR count). The Hall–Kier alpha value is -2.86. The number of hydrogen-bond acceptors (Lipinski definition) is 3. The molecule has 0 radical (unpaired) electrons. The van der Waals surface area contributed by atoms with E-state index < -0.39 is 6.09 Å². The standard InChI is InChI=1S/C24H31N3O3/c1-5-26(6-2)17(4)23(28)27-21-11-9-8-10-18(21)12-13-19-14-15-20(16-22(19)27)25-24(29)30-7-3/h8-11,14-17H,5-7,12-13H2,1-4H3,(H,25,29)/p+1/t17-/m0/s1. The zero-order valence-electron chi connectivity index (χ0n) is 18.3. The molecule has 0 bridgehead atoms. The van der Waals surface area contributed by atoms with Gasteiger partial charge in [-0.25, -0.2) is 4.79 Å². The van der Waals surface area contributed by atoms with E-state index in [1.54, 1.807) is 6.92 Å². The lowest BCUT2D eigenvalue weighted by molar-refractivity contribution is -0.910. The highest BCUT2D eigenvalue weighted by molar-refractivity contribution is 6.05. The molecular formula is C24H32N3O3+. The maximum Gasteiger partial charge on any atom is 0.411 e. The van der Waals surface area contributed by atoms with Crippen LogP contribution in [0.2, 0.25) is 0 Å². The molecule has 6 heteroatoms. The van der Waals surface area contributed by atoms with Crippen LogP contribution in [0.5, 0.6) is 0 Å². The van der Waals surface area contributed by atoms with E-state index in [1.807, 2.05) is 48.2 Å². The topological polar surface area (TPSA) is 63.1 Å². The predicted molar refractivity (Wildman–Crippen MR) is 120 cm³/mol. The number of amides is 2. The lowest BCUT2D eigenvalue weighted by Gasteiger charge is -2.30. The van der Waals surface area contributed by atoms with Crippen LogP contribution in [0.4, 0.5) is 21.9 Å². The first kappa shape index (κ1) is 21.8. The van der Waals surface area contributed by atoms with Crippen LogP contribution in [-0.4, -0.2) is 37.7 Å². The summed E-state index contributed by atoms with van der Waals surface area (Å²) in [6.07, 6.45) is 1.21. The van der Waals surface area contributed by atoms with Crippen molar-refractivity contribution in [2.45, 2.75) is 46.6 Å². The van der Waals surface area contributed by atoms with Crippen LogP contribution >= 0.6 is 0 Å². The van der Waals surface area contributed by atoms with Gasteiger partial charge in [0, 0.05) is 5.69 Å². The maximum atomic E-state index is 13.8. The summed E-state index contributed by atoms with van der Waals surface area (Å²) in [7, 11) is 0. The third kappa shape index (κ3) is 4.49. The minimum Gasteiger partial charge on any atom is -0.450 e. The molecule has 0 unspecified atom stereocenters. The van der Waals surface area contributed by atoms with E-state index in [0.29, 0.717) is 12.3 Å². The lowest BCUT2D eigenvalue weighted by atomic mass is 10.0. The van der Waals surface area contributed by atoms with Crippen molar-refractivity contribution in [1.82, 2.24) is 0 Å². The molecule has 2 amide bonds. The highest BCUT2D eigenvalue weighted by Gasteiger charge is 2.33. The summed E-state index contributed by atoms with van der Waals surface area (Å²) in [4.78, 5) is 28.8. The molecule has 6 nitrogen and oxygen atoms in total. The Bertz CT molecular complexity index is 908. The summed E-state index contributed by atoms with van der Waals surface area (Å²) in [5.74, 6) is 0.0672. The van der Waals surface area contributed by atoms with Crippen LogP contribution in [0.15, 0.2) is 42.5 Å². The van der Waals surface area contributed by atoms with Crippen LogP contribution in [-0.2, 0) is 22.4 Å². The van der Waals surface area contributed by atoms with Crippen LogP contribution < -0.4 is 15.1 Å². The highest BCUT2D eigenvalue weighted by Crippen LogP contribution is 2.38. The molecule has 0 fully saturated rings. The quantitative estimate of drug-likeness (QED) is 0.768. The van der Waals surface area contributed by atoms with Gasteiger partial charge in [-0.3, -0.25) is 15.0 Å². The van der Waals surface area contributed by atoms with Crippen LogP contribution in [0.1, 0.15) is 38.8 Å². The molecule has 30 heavy (non-hydrogen) atoms. The van der Waals surface area contributed by atoms with Crippen molar-refractivity contribution >= 4 is 29.1 Å². The summed E-state index contributed by atoms with van der Waals surface area (Å²) in [6, 6.07) is 13.7. The number of benzene rings is 2. The molecule has 2 aromatic rings. The van der Waals surface area contributed by atoms with Crippen molar-refractivity contribution in [3.05, 3.63) is 53.6 Å². The number of nitrogens with one attached hydrogen (secondary N) is 2. The van der Waals surface area contributed by atoms with Gasteiger partial charge in [-0.2, -0.15) is 0 Å². The van der Waals surface area contributed by atoms with Gasteiger partial charge in [-0.05, 0) is 69.9 Å². The van der Waals surface area contributed by atoms with Crippen LogP contribution in [0, 0.1) is 0 Å². The number of aryl methyl sites for hydroxylation is 2. The van der Waals surface area contributed by atoms with Crippen molar-refractivity contribution < 1.29 is 19.2 Å². The molecule has 0 spiro atoms. The van der Waals surface area contributed by atoms with Gasteiger partial charge in [0.25, 0.3) is 5.91 Å². The van der Waals surface area contributed by atoms with E-state index in [2.05, 4.69) is 25.2 Å². The van der Waals surface area contributed by atoms with Gasteiger partial charge in [0.15, 0.2) is 6.04 Å². The zero-order chi connectivity index (χ0) is 21.7.